The van der Waals surface area contributed by atoms with Gasteiger partial charge in [-0.2, -0.15) is 0 Å². The maximum atomic E-state index is 12.8. The Balaban J connectivity index is 1.89. The van der Waals surface area contributed by atoms with E-state index in [1.165, 1.54) is 6.92 Å². The van der Waals surface area contributed by atoms with Crippen LogP contribution in [0, 0.1) is 5.92 Å². The fraction of sp³-hybridized carbons (Fsp3) is 0.875. The van der Waals surface area contributed by atoms with E-state index in [1.54, 1.807) is 0 Å². The van der Waals surface area contributed by atoms with Gasteiger partial charge >= 0.3 is 19.1 Å². The molecule has 0 aromatic heterocycles. The van der Waals surface area contributed by atoms with E-state index in [1.807, 2.05) is 0 Å². The van der Waals surface area contributed by atoms with Crippen LogP contribution in [0.5, 0.6) is 0 Å². The minimum Gasteiger partial charge on any atom is -0.461 e. The topological polar surface area (TPSA) is 143 Å². The zero-order chi connectivity index (χ0) is 19.2. The van der Waals surface area contributed by atoms with Crippen molar-refractivity contribution in [1.82, 2.24) is 10.6 Å². The van der Waals surface area contributed by atoms with Gasteiger partial charge in [-0.15, -0.1) is 0 Å². The number of carbonyl (C=O) groups is 2. The lowest BCUT2D eigenvalue weighted by Crippen LogP contribution is -2.53. The predicted octanol–water partition coefficient (Wildman–Crippen LogP) is -1.62. The van der Waals surface area contributed by atoms with Gasteiger partial charge in [0.2, 0.25) is 0 Å². The van der Waals surface area contributed by atoms with Crippen molar-refractivity contribution in [2.45, 2.75) is 56.5 Å². The third kappa shape index (κ3) is 5.17. The van der Waals surface area contributed by atoms with E-state index < -0.39 is 24.7 Å². The number of hydrogen-bond acceptors (Lipinski definition) is 9. The van der Waals surface area contributed by atoms with Crippen LogP contribution in [-0.4, -0.2) is 73.0 Å². The van der Waals surface area contributed by atoms with Crippen LogP contribution in [0.25, 0.3) is 0 Å². The summed E-state index contributed by atoms with van der Waals surface area (Å²) < 4.78 is 10.3. The summed E-state index contributed by atoms with van der Waals surface area (Å²) in [4.78, 5) is 24.2. The summed E-state index contributed by atoms with van der Waals surface area (Å²) in [6.07, 6.45) is 3.04. The first kappa shape index (κ1) is 21.1. The predicted molar refractivity (Wildman–Crippen MR) is 95.0 cm³/mol. The van der Waals surface area contributed by atoms with Crippen LogP contribution >= 0.6 is 0 Å². The first-order valence-electron chi connectivity index (χ1n) is 9.31. The third-order valence-electron chi connectivity index (χ3n) is 5.20. The Hall–Kier alpha value is -1.20. The molecule has 2 saturated heterocycles. The van der Waals surface area contributed by atoms with Crippen molar-refractivity contribution in [3.8, 4) is 0 Å². The van der Waals surface area contributed by atoms with E-state index in [0.717, 1.165) is 13.0 Å². The van der Waals surface area contributed by atoms with Crippen LogP contribution < -0.4 is 16.4 Å². The van der Waals surface area contributed by atoms with Crippen LogP contribution in [-0.2, 0) is 19.1 Å². The molecule has 2 aliphatic heterocycles. The van der Waals surface area contributed by atoms with Gasteiger partial charge in [0.15, 0.2) is 0 Å². The standard InChI is InChI=1S/C16H30BN3O6/c1-11(18)14(21)25-8-9-26-15(22)16(5-2-3-6-17(23)24)12-4-7-19-13(12)10-20-16/h11-13,19-20,23-24H,2-10,18H2,1H3/t11-,12-,13-,16+/m0/s1. The number of ether oxygens (including phenoxy) is 2. The lowest BCUT2D eigenvalue weighted by atomic mass is 9.77. The summed E-state index contributed by atoms with van der Waals surface area (Å²) in [6.45, 7) is 3.06. The average molecular weight is 371 g/mol. The van der Waals surface area contributed by atoms with Crippen LogP contribution in [0.1, 0.15) is 32.6 Å². The molecule has 0 amide bonds. The molecule has 0 unspecified atom stereocenters. The average Bonchev–Trinajstić information content (AvgIpc) is 3.18. The third-order valence-corrected chi connectivity index (χ3v) is 5.20. The van der Waals surface area contributed by atoms with Gasteiger partial charge in [-0.25, -0.2) is 0 Å². The second-order valence-corrected chi connectivity index (χ2v) is 7.13. The van der Waals surface area contributed by atoms with E-state index in [-0.39, 0.29) is 37.5 Å². The Morgan fingerprint density at radius 2 is 2.04 bits per heavy atom. The summed E-state index contributed by atoms with van der Waals surface area (Å²) in [5.41, 5.74) is 4.63. The summed E-state index contributed by atoms with van der Waals surface area (Å²) >= 11 is 0. The second-order valence-electron chi connectivity index (χ2n) is 7.13. The van der Waals surface area contributed by atoms with Gasteiger partial charge in [-0.1, -0.05) is 12.8 Å². The molecule has 0 aromatic rings. The van der Waals surface area contributed by atoms with Crippen molar-refractivity contribution < 1.29 is 29.1 Å². The number of unbranched alkanes of at least 4 members (excludes halogenated alkanes) is 1. The van der Waals surface area contributed by atoms with E-state index in [9.17, 15) is 9.59 Å². The Kier molecular flexibility index (Phi) is 7.84. The van der Waals surface area contributed by atoms with Gasteiger partial charge in [0.1, 0.15) is 24.8 Å². The van der Waals surface area contributed by atoms with Gasteiger partial charge in [0.05, 0.1) is 0 Å². The van der Waals surface area contributed by atoms with E-state index >= 15 is 0 Å². The molecule has 6 N–H and O–H groups in total. The maximum absolute atomic E-state index is 12.8. The maximum Gasteiger partial charge on any atom is 0.451 e. The van der Waals surface area contributed by atoms with Crippen LogP contribution in [0.3, 0.4) is 0 Å². The first-order valence-corrected chi connectivity index (χ1v) is 9.31. The van der Waals surface area contributed by atoms with Gasteiger partial charge in [-0.3, -0.25) is 9.59 Å². The molecule has 2 heterocycles. The molecule has 4 atom stereocenters. The van der Waals surface area contributed by atoms with E-state index in [4.69, 9.17) is 25.3 Å². The molecule has 0 spiro atoms. The Labute approximate surface area is 154 Å². The summed E-state index contributed by atoms with van der Waals surface area (Å²) in [6, 6.07) is -0.470. The molecular weight excluding hydrogens is 341 g/mol. The molecule has 26 heavy (non-hydrogen) atoms. The SMILES string of the molecule is C[C@H](N)C(=O)OCCOC(=O)[C@]1(CCCCB(O)O)NC[C@@H]2NCC[C@@H]21. The fourth-order valence-electron chi connectivity index (χ4n) is 3.86. The van der Waals surface area contributed by atoms with E-state index in [2.05, 4.69) is 10.6 Å². The molecular formula is C16H30BN3O6. The molecule has 2 aliphatic rings. The number of carbonyl (C=O) groups excluding carboxylic acids is 2. The lowest BCUT2D eigenvalue weighted by molar-refractivity contribution is -0.159. The van der Waals surface area contributed by atoms with Crippen LogP contribution in [0.4, 0.5) is 0 Å². The molecule has 0 saturated carbocycles. The largest absolute Gasteiger partial charge is 0.461 e. The molecule has 10 heteroatoms. The highest BCUT2D eigenvalue weighted by molar-refractivity contribution is 6.40. The van der Waals surface area contributed by atoms with Crippen molar-refractivity contribution in [3.05, 3.63) is 0 Å². The van der Waals surface area contributed by atoms with Crippen molar-refractivity contribution in [3.63, 3.8) is 0 Å². The molecule has 9 nitrogen and oxygen atoms in total. The van der Waals surface area contributed by atoms with Gasteiger partial charge < -0.3 is 35.9 Å². The molecule has 0 aliphatic carbocycles. The number of esters is 2. The monoisotopic (exact) mass is 371 g/mol. The van der Waals surface area contributed by atoms with Crippen molar-refractivity contribution >= 4 is 19.1 Å². The van der Waals surface area contributed by atoms with E-state index in [0.29, 0.717) is 25.8 Å². The zero-order valence-corrected chi connectivity index (χ0v) is 15.3. The highest BCUT2D eigenvalue weighted by Crippen LogP contribution is 2.38. The lowest BCUT2D eigenvalue weighted by Gasteiger charge is -2.32. The van der Waals surface area contributed by atoms with Crippen LogP contribution in [0.15, 0.2) is 0 Å². The Bertz CT molecular complexity index is 493. The fourth-order valence-corrected chi connectivity index (χ4v) is 3.86. The number of nitrogens with one attached hydrogen (secondary N) is 2. The summed E-state index contributed by atoms with van der Waals surface area (Å²) in [5, 5.41) is 24.7. The molecule has 0 aromatic carbocycles. The minimum absolute atomic E-state index is 0.0130. The zero-order valence-electron chi connectivity index (χ0n) is 15.3. The molecule has 148 valence electrons. The molecule has 2 fully saturated rings. The minimum atomic E-state index is -1.32. The van der Waals surface area contributed by atoms with Crippen molar-refractivity contribution in [1.29, 1.82) is 0 Å². The van der Waals surface area contributed by atoms with Crippen molar-refractivity contribution in [2.24, 2.45) is 11.7 Å². The number of rotatable bonds is 10. The first-order chi connectivity index (χ1) is 12.4. The van der Waals surface area contributed by atoms with Crippen LogP contribution in [0.2, 0.25) is 6.32 Å². The van der Waals surface area contributed by atoms with Gasteiger partial charge in [0.25, 0.3) is 0 Å². The Morgan fingerprint density at radius 1 is 1.31 bits per heavy atom. The highest BCUT2D eigenvalue weighted by Gasteiger charge is 2.55. The summed E-state index contributed by atoms with van der Waals surface area (Å²) in [7, 11) is -1.32. The highest BCUT2D eigenvalue weighted by atomic mass is 16.6. The Morgan fingerprint density at radius 3 is 2.73 bits per heavy atom. The quantitative estimate of drug-likeness (QED) is 0.174. The second kappa shape index (κ2) is 9.66. The number of nitrogens with two attached hydrogens (primary N) is 1. The van der Waals surface area contributed by atoms with Crippen molar-refractivity contribution in [2.75, 3.05) is 26.3 Å². The number of hydrogen-bond donors (Lipinski definition) is 5. The smallest absolute Gasteiger partial charge is 0.451 e. The summed E-state index contributed by atoms with van der Waals surface area (Å²) in [5.74, 6) is -0.729. The molecule has 0 bridgehead atoms. The van der Waals surface area contributed by atoms with Gasteiger partial charge in [0, 0.05) is 18.5 Å². The molecule has 2 rings (SSSR count). The van der Waals surface area contributed by atoms with Gasteiger partial charge in [-0.05, 0) is 32.6 Å². The molecule has 0 radical (unpaired) electrons. The number of fused-ring (bicyclic) bond motifs is 1. The normalized spacial score (nSPS) is 28.5.